The van der Waals surface area contributed by atoms with Crippen molar-refractivity contribution in [3.05, 3.63) is 49.1 Å². The van der Waals surface area contributed by atoms with Gasteiger partial charge in [0.15, 0.2) is 0 Å². The molecule has 1 aliphatic carbocycles. The van der Waals surface area contributed by atoms with E-state index in [2.05, 4.69) is 11.9 Å². The van der Waals surface area contributed by atoms with Gasteiger partial charge in [0.25, 0.3) is 0 Å². The Morgan fingerprint density at radius 2 is 1.57 bits per heavy atom. The molecule has 4 nitrogen and oxygen atoms in total. The summed E-state index contributed by atoms with van der Waals surface area (Å²) in [7, 11) is 1.72. The van der Waals surface area contributed by atoms with Gasteiger partial charge in [-0.2, -0.15) is 0 Å². The molecule has 0 heterocycles. The van der Waals surface area contributed by atoms with Crippen LogP contribution < -0.4 is 5.32 Å². The highest BCUT2D eigenvalue weighted by atomic mass is 16.6. The fourth-order valence-electron chi connectivity index (χ4n) is 2.12. The molecule has 1 aromatic rings. The van der Waals surface area contributed by atoms with E-state index in [0.717, 1.165) is 25.7 Å². The van der Waals surface area contributed by atoms with Crippen molar-refractivity contribution in [1.29, 1.82) is 0 Å². The van der Waals surface area contributed by atoms with Gasteiger partial charge < -0.3 is 14.8 Å². The van der Waals surface area contributed by atoms with E-state index < -0.39 is 0 Å². The van der Waals surface area contributed by atoms with Gasteiger partial charge in [0, 0.05) is 13.7 Å². The molecule has 0 aliphatic heterocycles. The van der Waals surface area contributed by atoms with Crippen molar-refractivity contribution in [2.75, 3.05) is 13.7 Å². The van der Waals surface area contributed by atoms with Gasteiger partial charge >= 0.3 is 6.09 Å². The molecule has 0 aromatic heterocycles. The maximum Gasteiger partial charge on any atom is 0.407 e. The molecule has 4 heteroatoms. The minimum atomic E-state index is -0.351. The van der Waals surface area contributed by atoms with Crippen LogP contribution in [0.25, 0.3) is 0 Å². The highest BCUT2D eigenvalue weighted by molar-refractivity contribution is 5.67. The van der Waals surface area contributed by atoms with Gasteiger partial charge in [-0.3, -0.25) is 0 Å². The second-order valence-corrected chi connectivity index (χ2v) is 4.86. The van der Waals surface area contributed by atoms with E-state index in [-0.39, 0.29) is 12.2 Å². The van der Waals surface area contributed by atoms with Gasteiger partial charge in [-0.15, -0.1) is 6.58 Å². The molecule has 1 fully saturated rings. The predicted molar refractivity (Wildman–Crippen MR) is 84.2 cm³/mol. The topological polar surface area (TPSA) is 47.6 Å². The normalized spacial score (nSPS) is 20.6. The summed E-state index contributed by atoms with van der Waals surface area (Å²) >= 11 is 0. The van der Waals surface area contributed by atoms with Crippen molar-refractivity contribution in [3.8, 4) is 0 Å². The van der Waals surface area contributed by atoms with Crippen molar-refractivity contribution in [2.24, 2.45) is 0 Å². The zero-order valence-electron chi connectivity index (χ0n) is 12.7. The van der Waals surface area contributed by atoms with Crippen LogP contribution in [0, 0.1) is 0 Å². The first kappa shape index (κ1) is 17.2. The van der Waals surface area contributed by atoms with E-state index in [9.17, 15) is 4.79 Å². The first-order valence-corrected chi connectivity index (χ1v) is 7.34. The van der Waals surface area contributed by atoms with Crippen molar-refractivity contribution in [2.45, 2.75) is 37.9 Å². The summed E-state index contributed by atoms with van der Waals surface area (Å²) in [5.74, 6) is 0. The summed E-state index contributed by atoms with van der Waals surface area (Å²) in [6, 6.07) is 12.0. The van der Waals surface area contributed by atoms with E-state index in [4.69, 9.17) is 9.47 Å². The van der Waals surface area contributed by atoms with Gasteiger partial charge in [0.2, 0.25) is 0 Å². The summed E-state index contributed by atoms with van der Waals surface area (Å²) in [6.45, 7) is 3.96. The van der Waals surface area contributed by atoms with Gasteiger partial charge in [-0.25, -0.2) is 4.79 Å². The molecule has 0 radical (unpaired) electrons. The Kier molecular flexibility index (Phi) is 8.96. The average Bonchev–Trinajstić information content (AvgIpc) is 2.56. The lowest BCUT2D eigenvalue weighted by molar-refractivity contribution is 0.0136. The Balaban J connectivity index is 0.000000304. The Labute approximate surface area is 127 Å². The van der Waals surface area contributed by atoms with Crippen LogP contribution in [0.15, 0.2) is 49.1 Å². The van der Waals surface area contributed by atoms with Crippen LogP contribution in [0.2, 0.25) is 0 Å². The van der Waals surface area contributed by atoms with Gasteiger partial charge in [-0.1, -0.05) is 42.5 Å². The fraction of sp³-hybridized carbons (Fsp3) is 0.471. The number of methoxy groups -OCH3 is 1. The molecule has 1 saturated carbocycles. The Morgan fingerprint density at radius 3 is 2.00 bits per heavy atom. The molecule has 0 bridgehead atoms. The molecular weight excluding hydrogens is 266 g/mol. The highest BCUT2D eigenvalue weighted by Gasteiger charge is 2.23. The van der Waals surface area contributed by atoms with Crippen LogP contribution in [0.4, 0.5) is 4.79 Å². The number of hydrogen-bond acceptors (Lipinski definition) is 3. The minimum Gasteiger partial charge on any atom is -0.446 e. The van der Waals surface area contributed by atoms with E-state index in [1.165, 1.54) is 0 Å². The molecule has 0 spiro atoms. The zero-order valence-corrected chi connectivity index (χ0v) is 12.7. The predicted octanol–water partition coefficient (Wildman–Crippen LogP) is 3.54. The number of hydrogen-bond donors (Lipinski definition) is 1. The molecule has 1 aromatic carbocycles. The molecule has 0 saturated heterocycles. The third-order valence-electron chi connectivity index (χ3n) is 3.29. The molecule has 2 rings (SSSR count). The summed E-state index contributed by atoms with van der Waals surface area (Å²) in [5, 5.41) is 2.59. The van der Waals surface area contributed by atoms with E-state index in [1.807, 2.05) is 36.4 Å². The number of carbonyl (C=O) groups excluding carboxylic acids is 1. The number of ether oxygens (including phenoxy) is 2. The van der Waals surface area contributed by atoms with Crippen LogP contribution in [0.3, 0.4) is 0 Å². The van der Waals surface area contributed by atoms with Gasteiger partial charge in [0.1, 0.15) is 6.10 Å². The van der Waals surface area contributed by atoms with Crippen molar-refractivity contribution < 1.29 is 14.3 Å². The van der Waals surface area contributed by atoms with Crippen molar-refractivity contribution >= 4 is 6.09 Å². The largest absolute Gasteiger partial charge is 0.446 e. The monoisotopic (exact) mass is 291 g/mol. The summed E-state index contributed by atoms with van der Waals surface area (Å²) in [5.41, 5.74) is 0. The molecule has 1 amide bonds. The van der Waals surface area contributed by atoms with Crippen LogP contribution >= 0.6 is 0 Å². The number of amides is 1. The van der Waals surface area contributed by atoms with E-state index in [0.29, 0.717) is 12.6 Å². The molecule has 0 atom stereocenters. The third kappa shape index (κ3) is 8.15. The fourth-order valence-corrected chi connectivity index (χ4v) is 2.12. The smallest absolute Gasteiger partial charge is 0.407 e. The average molecular weight is 291 g/mol. The number of carbonyl (C=O) groups is 1. The van der Waals surface area contributed by atoms with Gasteiger partial charge in [-0.05, 0) is 25.7 Å². The minimum absolute atomic E-state index is 0.0428. The van der Waals surface area contributed by atoms with Gasteiger partial charge in [0.05, 0.1) is 6.10 Å². The van der Waals surface area contributed by atoms with Crippen LogP contribution in [-0.2, 0) is 9.47 Å². The second kappa shape index (κ2) is 10.9. The summed E-state index contributed by atoms with van der Waals surface area (Å²) in [4.78, 5) is 11.2. The molecule has 0 unspecified atom stereocenters. The first-order valence-electron chi connectivity index (χ1n) is 7.34. The number of nitrogens with one attached hydrogen (secondary N) is 1. The Hall–Kier alpha value is -1.81. The van der Waals surface area contributed by atoms with E-state index >= 15 is 0 Å². The lowest BCUT2D eigenvalue weighted by Gasteiger charge is -2.27. The number of rotatable bonds is 4. The lowest BCUT2D eigenvalue weighted by Crippen LogP contribution is -2.32. The molecular formula is C17H25NO3. The van der Waals surface area contributed by atoms with Crippen LogP contribution in [-0.4, -0.2) is 32.0 Å². The van der Waals surface area contributed by atoms with Crippen LogP contribution in [0.5, 0.6) is 0 Å². The maximum atomic E-state index is 11.2. The standard InChI is InChI=1S/C11H19NO3.C6H6/c1-3-8-12-11(13)15-10-6-4-9(14-2)5-7-10;1-2-4-6-5-3-1/h3,9-10H,1,4-8H2,2H3,(H,12,13);1-6H. The summed E-state index contributed by atoms with van der Waals surface area (Å²) in [6.07, 6.45) is 5.37. The quantitative estimate of drug-likeness (QED) is 0.863. The Morgan fingerprint density at radius 1 is 1.10 bits per heavy atom. The van der Waals surface area contributed by atoms with Crippen LogP contribution in [0.1, 0.15) is 25.7 Å². The first-order chi connectivity index (χ1) is 10.3. The molecule has 1 aliphatic rings. The third-order valence-corrected chi connectivity index (χ3v) is 3.29. The highest BCUT2D eigenvalue weighted by Crippen LogP contribution is 2.22. The van der Waals surface area contributed by atoms with Crippen molar-refractivity contribution in [3.63, 3.8) is 0 Å². The maximum absolute atomic E-state index is 11.2. The lowest BCUT2D eigenvalue weighted by atomic mass is 9.95. The zero-order chi connectivity index (χ0) is 15.3. The van der Waals surface area contributed by atoms with E-state index in [1.54, 1.807) is 13.2 Å². The Bertz CT molecular complexity index is 360. The number of benzene rings is 1. The van der Waals surface area contributed by atoms with Crippen molar-refractivity contribution in [1.82, 2.24) is 5.32 Å². The molecule has 21 heavy (non-hydrogen) atoms. The SMILES string of the molecule is C=CCNC(=O)OC1CCC(OC)CC1.c1ccccc1. The number of alkyl carbamates (subject to hydrolysis) is 1. The second-order valence-electron chi connectivity index (χ2n) is 4.86. The molecule has 116 valence electrons. The molecule has 1 N–H and O–H groups in total. The summed E-state index contributed by atoms with van der Waals surface area (Å²) < 4.78 is 10.5.